The molecule has 0 aliphatic carbocycles. The Bertz CT molecular complexity index is 476. The van der Waals surface area contributed by atoms with Crippen LogP contribution in [0, 0.1) is 0 Å². The molecule has 5 nitrogen and oxygen atoms in total. The van der Waals surface area contributed by atoms with Gasteiger partial charge in [-0.15, -0.1) is 0 Å². The predicted octanol–water partition coefficient (Wildman–Crippen LogP) is 1.69. The smallest absolute Gasteiger partial charge is 0.344 e. The maximum atomic E-state index is 11.4. The Balaban J connectivity index is 2.00. The molecule has 1 N–H and O–H groups in total. The van der Waals surface area contributed by atoms with Crippen LogP contribution >= 0.6 is 11.6 Å². The van der Waals surface area contributed by atoms with Crippen molar-refractivity contribution in [1.29, 1.82) is 0 Å². The number of carbonyl (C=O) groups is 1. The Morgan fingerprint density at radius 3 is 2.86 bits per heavy atom. The van der Waals surface area contributed by atoms with Crippen LogP contribution in [0.3, 0.4) is 0 Å². The van der Waals surface area contributed by atoms with E-state index in [2.05, 4.69) is 10.2 Å². The second kappa shape index (κ2) is 8.22. The van der Waals surface area contributed by atoms with Crippen molar-refractivity contribution in [2.24, 2.45) is 0 Å². The molecule has 6 heteroatoms. The van der Waals surface area contributed by atoms with Crippen molar-refractivity contribution < 1.29 is 14.3 Å². The molecule has 1 fully saturated rings. The minimum absolute atomic E-state index is 0.0793. The van der Waals surface area contributed by atoms with E-state index in [4.69, 9.17) is 21.1 Å². The van der Waals surface area contributed by atoms with Crippen molar-refractivity contribution in [2.45, 2.75) is 13.5 Å². The number of carbonyl (C=O) groups excluding carboxylic acids is 1. The topological polar surface area (TPSA) is 50.8 Å². The highest BCUT2D eigenvalue weighted by Crippen LogP contribution is 2.24. The van der Waals surface area contributed by atoms with E-state index in [1.807, 2.05) is 6.07 Å². The number of halogens is 1. The molecule has 2 rings (SSSR count). The predicted molar refractivity (Wildman–Crippen MR) is 81.7 cm³/mol. The van der Waals surface area contributed by atoms with E-state index < -0.39 is 0 Å². The van der Waals surface area contributed by atoms with Gasteiger partial charge in [0.1, 0.15) is 5.75 Å². The Morgan fingerprint density at radius 2 is 2.14 bits per heavy atom. The number of piperazine rings is 1. The van der Waals surface area contributed by atoms with Crippen molar-refractivity contribution in [1.82, 2.24) is 10.2 Å². The summed E-state index contributed by atoms with van der Waals surface area (Å²) in [6.07, 6.45) is 0. The highest BCUT2D eigenvalue weighted by molar-refractivity contribution is 6.30. The van der Waals surface area contributed by atoms with Gasteiger partial charge in [0.2, 0.25) is 0 Å². The number of hydrogen-bond donors (Lipinski definition) is 1. The van der Waals surface area contributed by atoms with E-state index >= 15 is 0 Å². The van der Waals surface area contributed by atoms with Crippen LogP contribution in [0.2, 0.25) is 5.02 Å². The van der Waals surface area contributed by atoms with E-state index in [9.17, 15) is 4.79 Å². The van der Waals surface area contributed by atoms with Crippen LogP contribution in [-0.2, 0) is 16.1 Å². The maximum Gasteiger partial charge on any atom is 0.344 e. The quantitative estimate of drug-likeness (QED) is 0.810. The Hall–Kier alpha value is -1.30. The number of esters is 1. The fourth-order valence-electron chi connectivity index (χ4n) is 2.26. The second-order valence-electron chi connectivity index (χ2n) is 4.87. The lowest BCUT2D eigenvalue weighted by Gasteiger charge is -2.27. The third-order valence-corrected chi connectivity index (χ3v) is 3.51. The van der Waals surface area contributed by atoms with Gasteiger partial charge in [0, 0.05) is 43.3 Å². The van der Waals surface area contributed by atoms with E-state index in [1.165, 1.54) is 0 Å². The summed E-state index contributed by atoms with van der Waals surface area (Å²) in [5.41, 5.74) is 0.994. The third kappa shape index (κ3) is 5.19. The van der Waals surface area contributed by atoms with Crippen molar-refractivity contribution in [3.05, 3.63) is 28.8 Å². The molecule has 1 saturated heterocycles. The largest absolute Gasteiger partial charge is 0.482 e. The number of ether oxygens (including phenoxy) is 2. The van der Waals surface area contributed by atoms with Gasteiger partial charge in [0.25, 0.3) is 0 Å². The number of nitrogens with zero attached hydrogens (tertiary/aromatic N) is 1. The monoisotopic (exact) mass is 312 g/mol. The van der Waals surface area contributed by atoms with Crippen LogP contribution in [0.4, 0.5) is 0 Å². The summed E-state index contributed by atoms with van der Waals surface area (Å²) >= 11 is 6.07. The maximum absolute atomic E-state index is 11.4. The first kappa shape index (κ1) is 16.1. The second-order valence-corrected chi connectivity index (χ2v) is 5.31. The van der Waals surface area contributed by atoms with Crippen molar-refractivity contribution >= 4 is 17.6 Å². The normalized spacial score (nSPS) is 15.7. The number of rotatable bonds is 6. The van der Waals surface area contributed by atoms with E-state index in [-0.39, 0.29) is 12.6 Å². The zero-order valence-corrected chi connectivity index (χ0v) is 13.0. The average molecular weight is 313 g/mol. The van der Waals surface area contributed by atoms with E-state index in [0.29, 0.717) is 17.4 Å². The lowest BCUT2D eigenvalue weighted by Crippen LogP contribution is -2.42. The molecule has 0 saturated carbocycles. The van der Waals surface area contributed by atoms with Crippen molar-refractivity contribution in [3.63, 3.8) is 0 Å². The molecule has 0 spiro atoms. The molecule has 116 valence electrons. The first-order valence-electron chi connectivity index (χ1n) is 7.19. The van der Waals surface area contributed by atoms with Gasteiger partial charge in [-0.05, 0) is 25.1 Å². The number of benzene rings is 1. The van der Waals surface area contributed by atoms with E-state index in [1.54, 1.807) is 19.1 Å². The van der Waals surface area contributed by atoms with Gasteiger partial charge < -0.3 is 14.8 Å². The first-order valence-corrected chi connectivity index (χ1v) is 7.56. The van der Waals surface area contributed by atoms with Gasteiger partial charge in [-0.3, -0.25) is 4.90 Å². The summed E-state index contributed by atoms with van der Waals surface area (Å²) < 4.78 is 10.4. The van der Waals surface area contributed by atoms with Crippen LogP contribution in [0.15, 0.2) is 18.2 Å². The minimum atomic E-state index is -0.361. The molecule has 0 radical (unpaired) electrons. The first-order chi connectivity index (χ1) is 10.2. The summed E-state index contributed by atoms with van der Waals surface area (Å²) in [6.45, 7) is 6.77. The fourth-order valence-corrected chi connectivity index (χ4v) is 2.46. The summed E-state index contributed by atoms with van der Waals surface area (Å²) in [4.78, 5) is 13.7. The van der Waals surface area contributed by atoms with Gasteiger partial charge in [-0.1, -0.05) is 11.6 Å². The number of nitrogens with one attached hydrogen (secondary N) is 1. The Labute approximate surface area is 130 Å². The summed E-state index contributed by atoms with van der Waals surface area (Å²) in [5, 5.41) is 3.99. The molecular formula is C15H21ClN2O3. The lowest BCUT2D eigenvalue weighted by atomic mass is 10.1. The molecule has 0 bridgehead atoms. The molecule has 1 aromatic rings. The summed E-state index contributed by atoms with van der Waals surface area (Å²) in [7, 11) is 0. The SMILES string of the molecule is CCOC(=O)COc1ccc(Cl)cc1CN1CCNCC1. The fraction of sp³-hybridized carbons (Fsp3) is 0.533. The average Bonchev–Trinajstić information content (AvgIpc) is 2.48. The molecule has 1 aromatic carbocycles. The highest BCUT2D eigenvalue weighted by Gasteiger charge is 2.14. The third-order valence-electron chi connectivity index (χ3n) is 3.28. The molecule has 1 aliphatic rings. The standard InChI is InChI=1S/C15H21ClN2O3/c1-2-20-15(19)11-21-14-4-3-13(16)9-12(14)10-18-7-5-17-6-8-18/h3-4,9,17H,2,5-8,10-11H2,1H3. The van der Waals surface area contributed by atoms with Gasteiger partial charge in [0.15, 0.2) is 6.61 Å². The zero-order valence-electron chi connectivity index (χ0n) is 12.2. The molecule has 1 heterocycles. The van der Waals surface area contributed by atoms with Crippen LogP contribution in [0.1, 0.15) is 12.5 Å². The van der Waals surface area contributed by atoms with Crippen molar-refractivity contribution in [2.75, 3.05) is 39.4 Å². The van der Waals surface area contributed by atoms with Gasteiger partial charge in [-0.25, -0.2) is 4.79 Å². The zero-order chi connectivity index (χ0) is 15.1. The van der Waals surface area contributed by atoms with Crippen LogP contribution in [0.25, 0.3) is 0 Å². The van der Waals surface area contributed by atoms with E-state index in [0.717, 1.165) is 38.3 Å². The molecule has 0 amide bonds. The molecule has 0 unspecified atom stereocenters. The van der Waals surface area contributed by atoms with Crippen LogP contribution < -0.4 is 10.1 Å². The highest BCUT2D eigenvalue weighted by atomic mass is 35.5. The lowest BCUT2D eigenvalue weighted by molar-refractivity contribution is -0.145. The summed E-state index contributed by atoms with van der Waals surface area (Å²) in [6, 6.07) is 5.46. The molecular weight excluding hydrogens is 292 g/mol. The van der Waals surface area contributed by atoms with Crippen molar-refractivity contribution in [3.8, 4) is 5.75 Å². The molecule has 21 heavy (non-hydrogen) atoms. The van der Waals surface area contributed by atoms with Crippen LogP contribution in [0.5, 0.6) is 5.75 Å². The van der Waals surface area contributed by atoms with Crippen LogP contribution in [-0.4, -0.2) is 50.3 Å². The molecule has 1 aliphatic heterocycles. The van der Waals surface area contributed by atoms with Gasteiger partial charge in [0.05, 0.1) is 6.61 Å². The summed E-state index contributed by atoms with van der Waals surface area (Å²) in [5.74, 6) is 0.326. The minimum Gasteiger partial charge on any atom is -0.482 e. The van der Waals surface area contributed by atoms with Gasteiger partial charge >= 0.3 is 5.97 Å². The Kier molecular flexibility index (Phi) is 6.29. The molecule has 0 aromatic heterocycles. The van der Waals surface area contributed by atoms with Gasteiger partial charge in [-0.2, -0.15) is 0 Å². The molecule has 0 atom stereocenters. The Morgan fingerprint density at radius 1 is 1.38 bits per heavy atom. The number of hydrogen-bond acceptors (Lipinski definition) is 5.